The molecule has 1 aliphatic rings. The summed E-state index contributed by atoms with van der Waals surface area (Å²) in [5.74, 6) is -2.52. The summed E-state index contributed by atoms with van der Waals surface area (Å²) in [6, 6.07) is 1.41. The van der Waals surface area contributed by atoms with E-state index < -0.39 is 28.0 Å². The van der Waals surface area contributed by atoms with Crippen LogP contribution >= 0.6 is 11.6 Å². The molecular weight excluding hydrogens is 314 g/mol. The van der Waals surface area contributed by atoms with Gasteiger partial charge in [0.2, 0.25) is 0 Å². The van der Waals surface area contributed by atoms with Crippen molar-refractivity contribution in [2.75, 3.05) is 11.9 Å². The minimum absolute atomic E-state index is 0.0239. The molecule has 2 heterocycles. The molecule has 2 aromatic rings. The normalized spacial score (nSPS) is 12.9. The Kier molecular flexibility index (Phi) is 3.15. The molecule has 2 N–H and O–H groups in total. The van der Waals surface area contributed by atoms with E-state index in [4.69, 9.17) is 22.3 Å². The molecule has 0 saturated carbocycles. The molecule has 112 valence electrons. The van der Waals surface area contributed by atoms with Gasteiger partial charge in [0, 0.05) is 18.5 Å². The Balaban J connectivity index is 2.71. The van der Waals surface area contributed by atoms with Crippen molar-refractivity contribution in [1.82, 2.24) is 4.57 Å². The summed E-state index contributed by atoms with van der Waals surface area (Å²) in [6.45, 7) is 2.07. The fourth-order valence-electron chi connectivity index (χ4n) is 2.75. The number of anilines is 1. The van der Waals surface area contributed by atoms with Crippen LogP contribution < -0.4 is 10.8 Å². The number of hydrogen-bond acceptors (Lipinski definition) is 4. The highest BCUT2D eigenvalue weighted by atomic mass is 35.5. The Bertz CT molecular complexity index is 959. The van der Waals surface area contributed by atoms with Crippen LogP contribution in [-0.2, 0) is 6.54 Å². The molecule has 0 radical (unpaired) electrons. The first-order valence-corrected chi connectivity index (χ1v) is 6.74. The second-order valence-electron chi connectivity index (χ2n) is 4.89. The molecule has 5 nitrogen and oxygen atoms in total. The van der Waals surface area contributed by atoms with Crippen LogP contribution in [0.5, 0.6) is 0 Å². The molecule has 1 aromatic carbocycles. The number of nitrogens with zero attached hydrogens (tertiary/aromatic N) is 2. The van der Waals surface area contributed by atoms with Crippen LogP contribution in [0.4, 0.5) is 14.6 Å². The average molecular weight is 323 g/mol. The largest absolute Gasteiger partial charge is 0.369 e. The van der Waals surface area contributed by atoms with Crippen molar-refractivity contribution in [2.45, 2.75) is 13.5 Å². The first-order chi connectivity index (χ1) is 10.4. The number of carbonyl (C=O) groups is 1. The smallest absolute Gasteiger partial charge is 0.164 e. The molecule has 0 bridgehead atoms. The molecule has 0 spiro atoms. The minimum atomic E-state index is -1.22. The number of nitrogens with one attached hydrogen (secondary N) is 2. The van der Waals surface area contributed by atoms with Crippen LogP contribution in [0.1, 0.15) is 22.8 Å². The van der Waals surface area contributed by atoms with Gasteiger partial charge in [0.25, 0.3) is 0 Å². The molecule has 0 aliphatic carbocycles. The summed E-state index contributed by atoms with van der Waals surface area (Å²) in [6.07, 6.45) is 0. The lowest BCUT2D eigenvalue weighted by Gasteiger charge is -2.15. The monoisotopic (exact) mass is 322 g/mol. The molecule has 0 atom stereocenters. The Morgan fingerprint density at radius 3 is 2.68 bits per heavy atom. The number of fused-ring (bicyclic) bond motifs is 2. The van der Waals surface area contributed by atoms with Gasteiger partial charge in [-0.15, -0.1) is 0 Å². The van der Waals surface area contributed by atoms with Gasteiger partial charge in [-0.25, -0.2) is 8.78 Å². The van der Waals surface area contributed by atoms with E-state index in [1.165, 1.54) is 17.6 Å². The molecular formula is C14H9ClF2N4O. The van der Waals surface area contributed by atoms with E-state index in [9.17, 15) is 13.6 Å². The molecule has 0 saturated heterocycles. The zero-order valence-electron chi connectivity index (χ0n) is 11.4. The lowest BCUT2D eigenvalue weighted by Crippen LogP contribution is -2.22. The van der Waals surface area contributed by atoms with Crippen molar-refractivity contribution < 1.29 is 13.6 Å². The van der Waals surface area contributed by atoms with Gasteiger partial charge >= 0.3 is 0 Å². The summed E-state index contributed by atoms with van der Waals surface area (Å²) in [7, 11) is 0. The predicted octanol–water partition coefficient (Wildman–Crippen LogP) is 2.55. The van der Waals surface area contributed by atoms with Crippen molar-refractivity contribution in [3.63, 3.8) is 0 Å². The van der Waals surface area contributed by atoms with Crippen LogP contribution in [0.2, 0.25) is 5.02 Å². The minimum Gasteiger partial charge on any atom is -0.369 e. The van der Waals surface area contributed by atoms with E-state index >= 15 is 0 Å². The van der Waals surface area contributed by atoms with Gasteiger partial charge < -0.3 is 9.88 Å². The lowest BCUT2D eigenvalue weighted by atomic mass is 10.00. The number of benzene rings is 1. The van der Waals surface area contributed by atoms with E-state index in [1.807, 2.05) is 0 Å². The highest BCUT2D eigenvalue weighted by molar-refractivity contribution is 6.37. The Hall–Kier alpha value is -2.46. The molecule has 1 aromatic heterocycles. The van der Waals surface area contributed by atoms with Gasteiger partial charge in [0.05, 0.1) is 16.0 Å². The third-order valence-corrected chi connectivity index (χ3v) is 4.03. The van der Waals surface area contributed by atoms with Gasteiger partial charge in [0.15, 0.2) is 17.4 Å². The number of carbonyl (C=O) groups excluding carboxylic acids is 1. The van der Waals surface area contributed by atoms with E-state index in [0.29, 0.717) is 18.9 Å². The van der Waals surface area contributed by atoms with Crippen LogP contribution in [-0.4, -0.2) is 16.9 Å². The number of pyridine rings is 1. The second kappa shape index (κ2) is 4.78. The van der Waals surface area contributed by atoms with Gasteiger partial charge in [-0.1, -0.05) is 11.6 Å². The summed E-state index contributed by atoms with van der Waals surface area (Å²) < 4.78 is 30.0. The van der Waals surface area contributed by atoms with Crippen LogP contribution in [0.25, 0.3) is 10.8 Å². The van der Waals surface area contributed by atoms with E-state index in [1.54, 1.807) is 0 Å². The fourth-order valence-corrected chi connectivity index (χ4v) is 3.04. The highest BCUT2D eigenvalue weighted by Gasteiger charge is 2.29. The predicted molar refractivity (Wildman–Crippen MR) is 75.9 cm³/mol. The maximum atomic E-state index is 14.5. The van der Waals surface area contributed by atoms with E-state index in [0.717, 1.165) is 0 Å². The summed E-state index contributed by atoms with van der Waals surface area (Å²) in [4.78, 5) is 12.0. The zero-order chi connectivity index (χ0) is 16.2. The van der Waals surface area contributed by atoms with Crippen molar-refractivity contribution >= 4 is 34.0 Å². The van der Waals surface area contributed by atoms with Gasteiger partial charge in [-0.3, -0.25) is 10.2 Å². The first kappa shape index (κ1) is 14.5. The number of aromatic nitrogens is 1. The Labute approximate surface area is 128 Å². The fraction of sp³-hybridized carbons (Fsp3) is 0.214. The maximum absolute atomic E-state index is 14.5. The van der Waals surface area contributed by atoms with Crippen LogP contribution in [0.3, 0.4) is 0 Å². The molecule has 3 rings (SSSR count). The zero-order valence-corrected chi connectivity index (χ0v) is 12.1. The molecule has 8 heteroatoms. The summed E-state index contributed by atoms with van der Waals surface area (Å²) in [5, 5.41) is 18.9. The number of ketones is 1. The van der Waals surface area contributed by atoms with Crippen molar-refractivity contribution in [2.24, 2.45) is 0 Å². The topological polar surface area (TPSA) is 81.7 Å². The van der Waals surface area contributed by atoms with Crippen molar-refractivity contribution in [1.29, 1.82) is 10.7 Å². The number of nitriles is 1. The summed E-state index contributed by atoms with van der Waals surface area (Å²) in [5.41, 5.74) is -1.08. The standard InChI is InChI=1S/C14H9ClF2N4O/c1-5(22)7-8-9(13(19)21-3-2-20-14(7)21)11(16)6(4-18)12(17)10(8)15/h19-20H,2-3H2,1H3. The van der Waals surface area contributed by atoms with Gasteiger partial charge in [0.1, 0.15) is 22.9 Å². The molecule has 0 fully saturated rings. The number of Topliss-reactive ketones (excluding diaryl/α,β-unsaturated/α-hetero) is 1. The maximum Gasteiger partial charge on any atom is 0.164 e. The highest BCUT2D eigenvalue weighted by Crippen LogP contribution is 2.36. The Morgan fingerprint density at radius 1 is 1.41 bits per heavy atom. The quantitative estimate of drug-likeness (QED) is 0.625. The molecule has 0 amide bonds. The van der Waals surface area contributed by atoms with Gasteiger partial charge in [-0.2, -0.15) is 5.26 Å². The lowest BCUT2D eigenvalue weighted by molar-refractivity contribution is 0.101. The number of hydrogen-bond donors (Lipinski definition) is 2. The van der Waals surface area contributed by atoms with E-state index in [-0.39, 0.29) is 21.8 Å². The Morgan fingerprint density at radius 2 is 2.09 bits per heavy atom. The third kappa shape index (κ3) is 1.67. The van der Waals surface area contributed by atoms with Crippen LogP contribution in [0, 0.1) is 28.4 Å². The molecule has 22 heavy (non-hydrogen) atoms. The summed E-state index contributed by atoms with van der Waals surface area (Å²) >= 11 is 5.94. The number of halogens is 3. The van der Waals surface area contributed by atoms with E-state index in [2.05, 4.69) is 5.32 Å². The average Bonchev–Trinajstić information content (AvgIpc) is 2.94. The molecule has 0 unspecified atom stereocenters. The first-order valence-electron chi connectivity index (χ1n) is 6.36. The van der Waals surface area contributed by atoms with Crippen molar-refractivity contribution in [3.05, 3.63) is 33.3 Å². The molecule has 1 aliphatic heterocycles. The second-order valence-corrected chi connectivity index (χ2v) is 5.26. The SMILES string of the molecule is CC(=O)c1c2n(c(=N)c3c(F)c(C#N)c(F)c(Cl)c13)CCN2. The number of rotatable bonds is 1. The third-order valence-electron chi connectivity index (χ3n) is 3.68. The van der Waals surface area contributed by atoms with Crippen molar-refractivity contribution in [3.8, 4) is 6.07 Å². The van der Waals surface area contributed by atoms with Crippen LogP contribution in [0.15, 0.2) is 0 Å². The van der Waals surface area contributed by atoms with Gasteiger partial charge in [-0.05, 0) is 6.92 Å².